The molecule has 2 aromatic heterocycles. The van der Waals surface area contributed by atoms with Gasteiger partial charge in [0.2, 0.25) is 5.89 Å². The molecule has 0 aromatic carbocycles. The first-order valence-electron chi connectivity index (χ1n) is 6.54. The van der Waals surface area contributed by atoms with Crippen molar-refractivity contribution in [2.24, 2.45) is 0 Å². The van der Waals surface area contributed by atoms with Crippen molar-refractivity contribution in [3.63, 3.8) is 0 Å². The molecule has 6 nitrogen and oxygen atoms in total. The highest BCUT2D eigenvalue weighted by molar-refractivity contribution is 5.24. The van der Waals surface area contributed by atoms with E-state index in [9.17, 15) is 0 Å². The average Bonchev–Trinajstić information content (AvgIpc) is 3.17. The van der Waals surface area contributed by atoms with E-state index in [-0.39, 0.29) is 6.04 Å². The van der Waals surface area contributed by atoms with Gasteiger partial charge in [-0.25, -0.2) is 0 Å². The van der Waals surface area contributed by atoms with Crippen molar-refractivity contribution in [3.8, 4) is 0 Å². The number of aromatic nitrogens is 3. The molecule has 0 spiro atoms. The summed E-state index contributed by atoms with van der Waals surface area (Å²) in [6.45, 7) is 2.64. The van der Waals surface area contributed by atoms with E-state index in [2.05, 4.69) is 25.8 Å². The Bertz CT molecular complexity index is 523. The molecule has 2 N–H and O–H groups in total. The van der Waals surface area contributed by atoms with Gasteiger partial charge < -0.3 is 15.1 Å². The summed E-state index contributed by atoms with van der Waals surface area (Å²) in [5.41, 5.74) is 0.943. The van der Waals surface area contributed by atoms with Crippen molar-refractivity contribution in [1.29, 1.82) is 0 Å². The number of rotatable bonds is 6. The highest BCUT2D eigenvalue weighted by Crippen LogP contribution is 2.20. The summed E-state index contributed by atoms with van der Waals surface area (Å²) in [6, 6.07) is 6.92. The van der Waals surface area contributed by atoms with E-state index >= 15 is 0 Å². The molecule has 6 heteroatoms. The van der Waals surface area contributed by atoms with Crippen LogP contribution in [-0.4, -0.2) is 21.2 Å². The fraction of sp³-hybridized carbons (Fsp3) is 0.462. The van der Waals surface area contributed by atoms with Gasteiger partial charge >= 0.3 is 6.01 Å². The predicted molar refractivity (Wildman–Crippen MR) is 70.4 cm³/mol. The summed E-state index contributed by atoms with van der Waals surface area (Å²) in [5.74, 6) is 0.614. The number of nitrogens with zero attached hydrogens (tertiary/aromatic N) is 3. The first-order chi connectivity index (χ1) is 9.31. The molecule has 3 rings (SSSR count). The lowest BCUT2D eigenvalue weighted by atomic mass is 10.2. The Kier molecular flexibility index (Phi) is 3.41. The van der Waals surface area contributed by atoms with Gasteiger partial charge in [0.05, 0.1) is 18.3 Å². The second-order valence-corrected chi connectivity index (χ2v) is 4.78. The van der Waals surface area contributed by atoms with Crippen molar-refractivity contribution in [1.82, 2.24) is 20.5 Å². The van der Waals surface area contributed by atoms with Gasteiger partial charge in [0.1, 0.15) is 0 Å². The van der Waals surface area contributed by atoms with E-state index in [1.54, 1.807) is 6.20 Å². The van der Waals surface area contributed by atoms with Crippen LogP contribution < -0.4 is 10.6 Å². The monoisotopic (exact) mass is 259 g/mol. The van der Waals surface area contributed by atoms with Crippen molar-refractivity contribution < 1.29 is 4.42 Å². The van der Waals surface area contributed by atoms with Crippen LogP contribution in [0.3, 0.4) is 0 Å². The minimum Gasteiger partial charge on any atom is -0.407 e. The molecule has 1 fully saturated rings. The zero-order valence-electron chi connectivity index (χ0n) is 10.8. The summed E-state index contributed by atoms with van der Waals surface area (Å²) in [5, 5.41) is 14.5. The Morgan fingerprint density at radius 3 is 3.00 bits per heavy atom. The summed E-state index contributed by atoms with van der Waals surface area (Å²) in [6.07, 6.45) is 4.26. The standard InChI is InChI=1S/C13H17N5O/c1-9(11-4-2-3-7-14-11)16-13-18-17-12(19-13)8-15-10-5-6-10/h2-4,7,9-10,15H,5-6,8H2,1H3,(H,16,18). The lowest BCUT2D eigenvalue weighted by Crippen LogP contribution is -2.15. The molecule has 1 saturated carbocycles. The summed E-state index contributed by atoms with van der Waals surface area (Å²) in [4.78, 5) is 4.28. The molecule has 1 atom stereocenters. The van der Waals surface area contributed by atoms with Crippen LogP contribution in [0.15, 0.2) is 28.8 Å². The van der Waals surface area contributed by atoms with E-state index in [1.807, 2.05) is 25.1 Å². The second-order valence-electron chi connectivity index (χ2n) is 4.78. The Labute approximate surface area is 111 Å². The van der Waals surface area contributed by atoms with Gasteiger partial charge in [-0.3, -0.25) is 4.98 Å². The van der Waals surface area contributed by atoms with E-state index < -0.39 is 0 Å². The Morgan fingerprint density at radius 2 is 2.26 bits per heavy atom. The molecule has 2 heterocycles. The van der Waals surface area contributed by atoms with E-state index in [0.29, 0.717) is 24.5 Å². The minimum atomic E-state index is 0.0332. The highest BCUT2D eigenvalue weighted by Gasteiger charge is 2.21. The molecule has 0 radical (unpaired) electrons. The first kappa shape index (κ1) is 12.1. The molecule has 0 amide bonds. The fourth-order valence-electron chi connectivity index (χ4n) is 1.79. The van der Waals surface area contributed by atoms with Gasteiger partial charge in [0.25, 0.3) is 0 Å². The number of pyridine rings is 1. The third-order valence-corrected chi connectivity index (χ3v) is 3.06. The normalized spacial score (nSPS) is 16.3. The van der Waals surface area contributed by atoms with Crippen LogP contribution in [0.4, 0.5) is 6.01 Å². The van der Waals surface area contributed by atoms with Crippen LogP contribution in [0, 0.1) is 0 Å². The van der Waals surface area contributed by atoms with E-state index in [1.165, 1.54) is 12.8 Å². The summed E-state index contributed by atoms with van der Waals surface area (Å²) < 4.78 is 5.53. The molecule has 1 unspecified atom stereocenters. The third kappa shape index (κ3) is 3.29. The Morgan fingerprint density at radius 1 is 1.37 bits per heavy atom. The number of hydrogen-bond donors (Lipinski definition) is 2. The molecule has 19 heavy (non-hydrogen) atoms. The fourth-order valence-corrected chi connectivity index (χ4v) is 1.79. The van der Waals surface area contributed by atoms with Crippen LogP contribution in [0.2, 0.25) is 0 Å². The maximum absolute atomic E-state index is 5.53. The van der Waals surface area contributed by atoms with Gasteiger partial charge in [-0.1, -0.05) is 11.2 Å². The summed E-state index contributed by atoms with van der Waals surface area (Å²) in [7, 11) is 0. The zero-order chi connectivity index (χ0) is 13.1. The molecule has 0 saturated heterocycles. The highest BCUT2D eigenvalue weighted by atomic mass is 16.4. The van der Waals surface area contributed by atoms with Crippen molar-refractivity contribution in [2.75, 3.05) is 5.32 Å². The second kappa shape index (κ2) is 5.36. The number of anilines is 1. The Hall–Kier alpha value is -1.95. The average molecular weight is 259 g/mol. The van der Waals surface area contributed by atoms with Crippen LogP contribution in [0.1, 0.15) is 37.4 Å². The number of nitrogens with one attached hydrogen (secondary N) is 2. The molecule has 1 aliphatic rings. The molecular formula is C13H17N5O. The lowest BCUT2D eigenvalue weighted by Gasteiger charge is -2.10. The molecule has 1 aliphatic carbocycles. The van der Waals surface area contributed by atoms with Crippen molar-refractivity contribution in [2.45, 2.75) is 38.4 Å². The van der Waals surface area contributed by atoms with Gasteiger partial charge in [-0.2, -0.15) is 0 Å². The van der Waals surface area contributed by atoms with Crippen LogP contribution in [0.25, 0.3) is 0 Å². The van der Waals surface area contributed by atoms with Crippen molar-refractivity contribution in [3.05, 3.63) is 36.0 Å². The molecule has 100 valence electrons. The maximum atomic E-state index is 5.53. The smallest absolute Gasteiger partial charge is 0.316 e. The van der Waals surface area contributed by atoms with Crippen LogP contribution >= 0.6 is 0 Å². The van der Waals surface area contributed by atoms with Crippen LogP contribution in [0.5, 0.6) is 0 Å². The topological polar surface area (TPSA) is 75.9 Å². The predicted octanol–water partition coefficient (Wildman–Crippen LogP) is 1.89. The van der Waals surface area contributed by atoms with Gasteiger partial charge in [-0.05, 0) is 31.9 Å². The van der Waals surface area contributed by atoms with E-state index in [4.69, 9.17) is 4.42 Å². The van der Waals surface area contributed by atoms with Gasteiger partial charge in [0.15, 0.2) is 0 Å². The SMILES string of the molecule is CC(Nc1nnc(CNC2CC2)o1)c1ccccn1. The largest absolute Gasteiger partial charge is 0.407 e. The minimum absolute atomic E-state index is 0.0332. The van der Waals surface area contributed by atoms with Gasteiger partial charge in [0, 0.05) is 12.2 Å². The van der Waals surface area contributed by atoms with Crippen LogP contribution in [-0.2, 0) is 6.54 Å². The maximum Gasteiger partial charge on any atom is 0.316 e. The Balaban J connectivity index is 1.56. The third-order valence-electron chi connectivity index (χ3n) is 3.06. The van der Waals surface area contributed by atoms with Crippen molar-refractivity contribution >= 4 is 6.01 Å². The van der Waals surface area contributed by atoms with E-state index in [0.717, 1.165) is 5.69 Å². The number of hydrogen-bond acceptors (Lipinski definition) is 6. The van der Waals surface area contributed by atoms with Gasteiger partial charge in [-0.15, -0.1) is 5.10 Å². The molecule has 2 aromatic rings. The molecule has 0 aliphatic heterocycles. The summed E-state index contributed by atoms with van der Waals surface area (Å²) >= 11 is 0. The lowest BCUT2D eigenvalue weighted by molar-refractivity contribution is 0.472. The molecular weight excluding hydrogens is 242 g/mol. The quantitative estimate of drug-likeness (QED) is 0.825. The zero-order valence-corrected chi connectivity index (χ0v) is 10.8. The molecule has 0 bridgehead atoms. The first-order valence-corrected chi connectivity index (χ1v) is 6.54.